The molecule has 5 aromatic rings. The second-order valence-electron chi connectivity index (χ2n) is 17.1. The number of benzene rings is 3. The highest BCUT2D eigenvalue weighted by atomic mass is 32.1. The fourth-order valence-electron chi connectivity index (χ4n) is 8.11. The summed E-state index contributed by atoms with van der Waals surface area (Å²) in [5.74, 6) is -0.994. The van der Waals surface area contributed by atoms with Gasteiger partial charge in [0.25, 0.3) is 0 Å². The van der Waals surface area contributed by atoms with Crippen LogP contribution in [0.1, 0.15) is 69.8 Å². The number of hydrogen-bond donors (Lipinski definition) is 5. The Labute approximate surface area is 354 Å². The van der Waals surface area contributed by atoms with Crippen LogP contribution in [0.5, 0.6) is 5.75 Å². The van der Waals surface area contributed by atoms with Crippen molar-refractivity contribution in [3.05, 3.63) is 107 Å². The number of nitrogens with zero attached hydrogens (tertiary/aromatic N) is 5. The summed E-state index contributed by atoms with van der Waals surface area (Å²) in [6.45, 7) is 10.4. The van der Waals surface area contributed by atoms with Gasteiger partial charge in [0, 0.05) is 37.2 Å². The first-order valence-corrected chi connectivity index (χ1v) is 21.2. The van der Waals surface area contributed by atoms with Gasteiger partial charge in [-0.3, -0.25) is 19.3 Å². The lowest BCUT2D eigenvalue weighted by atomic mass is 9.83. The molecule has 7 rings (SSSR count). The molecule has 60 heavy (non-hydrogen) atoms. The number of amides is 3. The van der Waals surface area contributed by atoms with E-state index in [9.17, 15) is 29.7 Å². The van der Waals surface area contributed by atoms with Gasteiger partial charge in [-0.2, -0.15) is 10.2 Å². The number of rotatable bonds is 11. The Balaban J connectivity index is 0.940. The molecule has 14 heteroatoms. The number of phenolic OH excluding ortho intramolecular Hbond substituents is 1. The van der Waals surface area contributed by atoms with E-state index < -0.39 is 35.1 Å². The molecule has 5 N–H and O–H groups in total. The Morgan fingerprint density at radius 2 is 1.63 bits per heavy atom. The number of carbonyl (C=O) groups is 3. The first-order chi connectivity index (χ1) is 28.6. The molecule has 3 amide bonds. The number of aliphatic hydroxyl groups excluding tert-OH is 1. The molecule has 0 spiro atoms. The number of aromatic nitrogens is 3. The van der Waals surface area contributed by atoms with Gasteiger partial charge in [0.05, 0.1) is 52.3 Å². The van der Waals surface area contributed by atoms with Gasteiger partial charge in [0.15, 0.2) is 0 Å². The lowest BCUT2D eigenvalue weighted by Crippen LogP contribution is -2.59. The highest BCUT2D eigenvalue weighted by Crippen LogP contribution is 2.36. The van der Waals surface area contributed by atoms with Crippen LogP contribution in [0, 0.1) is 12.3 Å². The monoisotopic (exact) mass is 831 g/mol. The average molecular weight is 832 g/mol. The molecule has 2 saturated heterocycles. The molecule has 0 radical (unpaired) electrons. The number of piperidine rings is 1. The first-order valence-electron chi connectivity index (χ1n) is 20.3. The largest absolute Gasteiger partial charge is 0.507 e. The Bertz CT molecular complexity index is 2320. The van der Waals surface area contributed by atoms with Crippen molar-refractivity contribution >= 4 is 29.1 Å². The molecule has 2 aliphatic rings. The van der Waals surface area contributed by atoms with E-state index in [1.54, 1.807) is 35.7 Å². The van der Waals surface area contributed by atoms with Gasteiger partial charge in [-0.05, 0) is 72.6 Å². The fourth-order valence-corrected chi connectivity index (χ4v) is 8.93. The smallest absolute Gasteiger partial charge is 0.246 e. The quantitative estimate of drug-likeness (QED) is 0.112. The highest BCUT2D eigenvalue weighted by molar-refractivity contribution is 7.13. The standard InChI is InChI=1S/C46H53N7O6S/c1-28(30-10-12-32(13-11-30)41-29(2)47-27-60-41)49-43(57)38-23-35(54)25-53(38)44(58)42(45(3,4)5)50-40(56)26-52-20-18-46(59,19-21-52)34-16-14-31(15-17-34)33-22-37(51-48-24-33)36-8-6-7-9-39(36)55/h6-17,22,24,27-28,35,38,42,54-55,59H,18-21,23,25-26H2,1-5H3,(H,49,57)(H,50,56)/t28-,35+,38-,42?/m0/s1. The van der Waals surface area contributed by atoms with Crippen molar-refractivity contribution in [3.63, 3.8) is 0 Å². The van der Waals surface area contributed by atoms with Crippen LogP contribution < -0.4 is 10.6 Å². The summed E-state index contributed by atoms with van der Waals surface area (Å²) in [7, 11) is 0. The van der Waals surface area contributed by atoms with Crippen LogP contribution in [0.15, 0.2) is 90.6 Å². The minimum Gasteiger partial charge on any atom is -0.507 e. The van der Waals surface area contributed by atoms with Crippen molar-refractivity contribution in [2.45, 2.75) is 83.7 Å². The van der Waals surface area contributed by atoms with Crippen LogP contribution >= 0.6 is 11.3 Å². The van der Waals surface area contributed by atoms with Crippen LogP contribution in [0.3, 0.4) is 0 Å². The van der Waals surface area contributed by atoms with Gasteiger partial charge in [-0.1, -0.05) is 81.4 Å². The predicted molar refractivity (Wildman–Crippen MR) is 230 cm³/mol. The molecule has 4 heterocycles. The number of aryl methyl sites for hydroxylation is 1. The maximum absolute atomic E-state index is 14.2. The van der Waals surface area contributed by atoms with Crippen molar-refractivity contribution in [2.24, 2.45) is 5.41 Å². The van der Waals surface area contributed by atoms with Crippen molar-refractivity contribution in [3.8, 4) is 38.6 Å². The molecule has 314 valence electrons. The van der Waals surface area contributed by atoms with Gasteiger partial charge in [0.1, 0.15) is 17.8 Å². The molecule has 2 aromatic heterocycles. The van der Waals surface area contributed by atoms with Gasteiger partial charge in [0.2, 0.25) is 17.7 Å². The number of phenols is 1. The van der Waals surface area contributed by atoms with Crippen molar-refractivity contribution in [2.75, 3.05) is 26.2 Å². The van der Waals surface area contributed by atoms with E-state index in [1.807, 2.05) is 106 Å². The number of likely N-dealkylation sites (tertiary alicyclic amines) is 2. The Kier molecular flexibility index (Phi) is 12.5. The molecule has 3 aromatic carbocycles. The second kappa shape index (κ2) is 17.6. The fraction of sp³-hybridized carbons (Fsp3) is 0.391. The maximum atomic E-state index is 14.2. The third-order valence-electron chi connectivity index (χ3n) is 11.7. The molecular weight excluding hydrogens is 779 g/mol. The summed E-state index contributed by atoms with van der Waals surface area (Å²) in [6, 6.07) is 22.3. The number of β-amino-alcohol motifs (C(OH)–C–C–N with tert-alkyl or cyclic N) is 1. The van der Waals surface area contributed by atoms with Gasteiger partial charge < -0.3 is 30.9 Å². The third kappa shape index (κ3) is 9.42. The first kappa shape index (κ1) is 42.6. The van der Waals surface area contributed by atoms with Gasteiger partial charge >= 0.3 is 0 Å². The molecular formula is C46H53N7O6S. The molecule has 4 atom stereocenters. The number of nitrogens with one attached hydrogen (secondary N) is 2. The highest BCUT2D eigenvalue weighted by Gasteiger charge is 2.45. The zero-order chi connectivity index (χ0) is 42.8. The summed E-state index contributed by atoms with van der Waals surface area (Å²) < 4.78 is 0. The number of carbonyl (C=O) groups excluding carboxylic acids is 3. The summed E-state index contributed by atoms with van der Waals surface area (Å²) in [4.78, 5) is 50.3. The topological polar surface area (TPSA) is 181 Å². The minimum atomic E-state index is -1.08. The molecule has 0 aliphatic carbocycles. The molecule has 1 unspecified atom stereocenters. The molecule has 0 bridgehead atoms. The lowest BCUT2D eigenvalue weighted by Gasteiger charge is -2.39. The maximum Gasteiger partial charge on any atom is 0.246 e. The summed E-state index contributed by atoms with van der Waals surface area (Å²) in [6.07, 6.45) is 1.70. The number of aromatic hydroxyl groups is 1. The van der Waals surface area contributed by atoms with Crippen LogP contribution in [-0.4, -0.2) is 102 Å². The second-order valence-corrected chi connectivity index (χ2v) is 18.0. The summed E-state index contributed by atoms with van der Waals surface area (Å²) in [5.41, 5.74) is 6.58. The molecule has 13 nitrogen and oxygen atoms in total. The van der Waals surface area contributed by atoms with E-state index in [4.69, 9.17) is 0 Å². The van der Waals surface area contributed by atoms with Gasteiger partial charge in [-0.25, -0.2) is 4.98 Å². The minimum absolute atomic E-state index is 0.0128. The zero-order valence-electron chi connectivity index (χ0n) is 34.6. The van der Waals surface area contributed by atoms with Crippen LogP contribution in [0.25, 0.3) is 32.8 Å². The van der Waals surface area contributed by atoms with Crippen molar-refractivity contribution in [1.82, 2.24) is 35.6 Å². The van der Waals surface area contributed by atoms with E-state index >= 15 is 0 Å². The molecule has 2 aliphatic heterocycles. The number of aliphatic hydroxyl groups is 2. The number of para-hydroxylation sites is 1. The van der Waals surface area contributed by atoms with E-state index in [1.165, 1.54) is 4.90 Å². The van der Waals surface area contributed by atoms with Crippen molar-refractivity contribution in [1.29, 1.82) is 0 Å². The summed E-state index contributed by atoms with van der Waals surface area (Å²) >= 11 is 1.58. The van der Waals surface area contributed by atoms with Crippen LogP contribution in [0.2, 0.25) is 0 Å². The van der Waals surface area contributed by atoms with E-state index in [-0.39, 0.29) is 43.1 Å². The van der Waals surface area contributed by atoms with Gasteiger partial charge in [-0.15, -0.1) is 11.3 Å². The zero-order valence-corrected chi connectivity index (χ0v) is 35.4. The van der Waals surface area contributed by atoms with E-state index in [0.29, 0.717) is 37.2 Å². The lowest BCUT2D eigenvalue weighted by molar-refractivity contribution is -0.144. The Hall–Kier alpha value is -5.54. The predicted octanol–water partition coefficient (Wildman–Crippen LogP) is 5.60. The molecule has 2 fully saturated rings. The SMILES string of the molecule is Cc1ncsc1-c1ccc([C@H](C)NC(=O)[C@@H]2C[C@@H](O)CN2C(=O)C(NC(=O)CN2CCC(O)(c3ccc(-c4cnnc(-c5ccccc5O)c4)cc3)CC2)C(C)(C)C)cc1. The van der Waals surface area contributed by atoms with E-state index in [0.717, 1.165) is 38.4 Å². The molecule has 0 saturated carbocycles. The van der Waals surface area contributed by atoms with E-state index in [2.05, 4.69) is 25.8 Å². The number of hydrogen-bond acceptors (Lipinski definition) is 11. The normalized spacial score (nSPS) is 19.1. The Morgan fingerprint density at radius 1 is 0.950 bits per heavy atom. The van der Waals surface area contributed by atoms with Crippen LogP contribution in [-0.2, 0) is 20.0 Å². The third-order valence-corrected chi connectivity index (χ3v) is 12.7. The van der Waals surface area contributed by atoms with Crippen LogP contribution in [0.4, 0.5) is 0 Å². The number of thiazole rings is 1. The Morgan fingerprint density at radius 3 is 2.28 bits per heavy atom. The average Bonchev–Trinajstić information content (AvgIpc) is 3.85. The summed E-state index contributed by atoms with van der Waals surface area (Å²) in [5, 5.41) is 47.0. The van der Waals surface area contributed by atoms with Crippen molar-refractivity contribution < 1.29 is 29.7 Å².